The molecule has 0 saturated heterocycles. The second-order valence-corrected chi connectivity index (χ2v) is 5.21. The van der Waals surface area contributed by atoms with E-state index < -0.39 is 0 Å². The molecule has 0 bridgehead atoms. The second-order valence-electron chi connectivity index (χ2n) is 5.21. The number of aromatic nitrogens is 3. The third-order valence-corrected chi connectivity index (χ3v) is 2.72. The fraction of sp³-hybridized carbons (Fsp3) is 0.786. The van der Waals surface area contributed by atoms with Gasteiger partial charge in [0.1, 0.15) is 6.54 Å². The van der Waals surface area contributed by atoms with Crippen molar-refractivity contribution >= 4 is 5.91 Å². The first kappa shape index (κ1) is 17.6. The van der Waals surface area contributed by atoms with Crippen LogP contribution in [0.2, 0.25) is 0 Å². The molecule has 0 spiro atoms. The molecule has 2 N–H and O–H groups in total. The van der Waals surface area contributed by atoms with Crippen LogP contribution in [0.25, 0.3) is 0 Å². The van der Waals surface area contributed by atoms with Crippen molar-refractivity contribution in [2.24, 2.45) is 0 Å². The molecule has 0 atom stereocenters. The monoisotopic (exact) mass is 297 g/mol. The molecule has 0 aliphatic rings. The highest BCUT2D eigenvalue weighted by Crippen LogP contribution is 1.93. The van der Waals surface area contributed by atoms with E-state index in [1.807, 2.05) is 13.8 Å². The van der Waals surface area contributed by atoms with E-state index in [9.17, 15) is 4.79 Å². The quantitative estimate of drug-likeness (QED) is 0.588. The lowest BCUT2D eigenvalue weighted by Gasteiger charge is -2.08. The molecule has 1 aromatic heterocycles. The molecule has 120 valence electrons. The number of rotatable bonds is 11. The summed E-state index contributed by atoms with van der Waals surface area (Å²) >= 11 is 0. The van der Waals surface area contributed by atoms with E-state index in [1.54, 1.807) is 10.9 Å². The lowest BCUT2D eigenvalue weighted by atomic mass is 10.4. The highest BCUT2D eigenvalue weighted by atomic mass is 16.5. The number of amides is 1. The fourth-order valence-electron chi connectivity index (χ4n) is 1.71. The zero-order chi connectivity index (χ0) is 15.5. The minimum atomic E-state index is -0.0579. The Balaban J connectivity index is 2.16. The van der Waals surface area contributed by atoms with Gasteiger partial charge in [0.25, 0.3) is 0 Å². The molecular formula is C14H27N5O2. The van der Waals surface area contributed by atoms with Gasteiger partial charge in [0.15, 0.2) is 0 Å². The molecule has 7 nitrogen and oxygen atoms in total. The Labute approximate surface area is 126 Å². The van der Waals surface area contributed by atoms with Crippen molar-refractivity contribution < 1.29 is 9.53 Å². The van der Waals surface area contributed by atoms with Crippen LogP contribution >= 0.6 is 0 Å². The first-order chi connectivity index (χ1) is 10.1. The largest absolute Gasteiger partial charge is 0.379 e. The Morgan fingerprint density at radius 2 is 2.24 bits per heavy atom. The molecule has 0 aliphatic carbocycles. The lowest BCUT2D eigenvalue weighted by Crippen LogP contribution is -2.29. The third kappa shape index (κ3) is 8.41. The first-order valence-electron chi connectivity index (χ1n) is 7.59. The highest BCUT2D eigenvalue weighted by Gasteiger charge is 2.05. The van der Waals surface area contributed by atoms with Gasteiger partial charge in [-0.2, -0.15) is 0 Å². The van der Waals surface area contributed by atoms with Crippen molar-refractivity contribution in [2.75, 3.05) is 19.7 Å². The smallest absolute Gasteiger partial charge is 0.241 e. The van der Waals surface area contributed by atoms with Crippen LogP contribution in [0, 0.1) is 0 Å². The van der Waals surface area contributed by atoms with Crippen molar-refractivity contribution in [1.29, 1.82) is 0 Å². The predicted molar refractivity (Wildman–Crippen MR) is 80.7 cm³/mol. The average molecular weight is 297 g/mol. The lowest BCUT2D eigenvalue weighted by molar-refractivity contribution is -0.121. The fourth-order valence-corrected chi connectivity index (χ4v) is 1.71. The molecule has 7 heteroatoms. The van der Waals surface area contributed by atoms with Crippen LogP contribution < -0.4 is 10.6 Å². The summed E-state index contributed by atoms with van der Waals surface area (Å²) in [5.41, 5.74) is 0.849. The minimum Gasteiger partial charge on any atom is -0.379 e. The molecule has 0 radical (unpaired) electrons. The molecule has 0 unspecified atom stereocenters. The number of nitrogens with zero attached hydrogens (tertiary/aromatic N) is 3. The molecule has 1 aromatic rings. The zero-order valence-electron chi connectivity index (χ0n) is 13.3. The Bertz CT molecular complexity index is 406. The van der Waals surface area contributed by atoms with Gasteiger partial charge < -0.3 is 15.4 Å². The van der Waals surface area contributed by atoms with Crippen molar-refractivity contribution in [3.63, 3.8) is 0 Å². The normalized spacial score (nSPS) is 11.0. The topological polar surface area (TPSA) is 81.1 Å². The summed E-state index contributed by atoms with van der Waals surface area (Å²) in [6, 6.07) is 0. The van der Waals surface area contributed by atoms with Gasteiger partial charge >= 0.3 is 0 Å². The van der Waals surface area contributed by atoms with Crippen LogP contribution in [0.15, 0.2) is 6.20 Å². The summed E-state index contributed by atoms with van der Waals surface area (Å²) in [5, 5.41) is 14.1. The number of hydrogen-bond acceptors (Lipinski definition) is 5. The predicted octanol–water partition coefficient (Wildman–Crippen LogP) is 0.709. The number of nitrogens with one attached hydrogen (secondary N) is 2. The van der Waals surface area contributed by atoms with Crippen molar-refractivity contribution in [3.8, 4) is 0 Å². The SMILES string of the molecule is CCCNCc1cn(CC(=O)NCCCOC(C)C)nn1. The van der Waals surface area contributed by atoms with E-state index in [-0.39, 0.29) is 18.6 Å². The molecule has 1 amide bonds. The van der Waals surface area contributed by atoms with E-state index in [1.165, 1.54) is 0 Å². The molecule has 0 saturated carbocycles. The van der Waals surface area contributed by atoms with Gasteiger partial charge in [-0.1, -0.05) is 12.1 Å². The van der Waals surface area contributed by atoms with Crippen molar-refractivity contribution in [3.05, 3.63) is 11.9 Å². The van der Waals surface area contributed by atoms with E-state index in [0.717, 1.165) is 25.1 Å². The second kappa shape index (κ2) is 10.3. The number of carbonyl (C=O) groups is 1. The molecular weight excluding hydrogens is 270 g/mol. The van der Waals surface area contributed by atoms with Crippen LogP contribution in [0.3, 0.4) is 0 Å². The molecule has 0 aromatic carbocycles. The van der Waals surface area contributed by atoms with Crippen LogP contribution in [-0.4, -0.2) is 46.7 Å². The summed E-state index contributed by atoms with van der Waals surface area (Å²) < 4.78 is 6.96. The first-order valence-corrected chi connectivity index (χ1v) is 7.59. The van der Waals surface area contributed by atoms with Crippen molar-refractivity contribution in [2.45, 2.75) is 52.8 Å². The maximum Gasteiger partial charge on any atom is 0.241 e. The highest BCUT2D eigenvalue weighted by molar-refractivity contribution is 5.75. The van der Waals surface area contributed by atoms with Crippen LogP contribution in [0.1, 0.15) is 39.3 Å². The zero-order valence-corrected chi connectivity index (χ0v) is 13.3. The standard InChI is InChI=1S/C14H27N5O2/c1-4-6-15-9-13-10-19(18-17-13)11-14(20)16-7-5-8-21-12(2)3/h10,12,15H,4-9,11H2,1-3H3,(H,16,20). The van der Waals surface area contributed by atoms with Gasteiger partial charge in [-0.15, -0.1) is 5.10 Å². The van der Waals surface area contributed by atoms with Crippen LogP contribution in [0.5, 0.6) is 0 Å². The van der Waals surface area contributed by atoms with Gasteiger partial charge in [-0.05, 0) is 33.2 Å². The maximum absolute atomic E-state index is 11.7. The molecule has 0 aliphatic heterocycles. The summed E-state index contributed by atoms with van der Waals surface area (Å²) in [7, 11) is 0. The molecule has 21 heavy (non-hydrogen) atoms. The van der Waals surface area contributed by atoms with Gasteiger partial charge in [0.05, 0.1) is 18.0 Å². The van der Waals surface area contributed by atoms with E-state index in [0.29, 0.717) is 19.7 Å². The van der Waals surface area contributed by atoms with Gasteiger partial charge in [0, 0.05) is 19.7 Å². The van der Waals surface area contributed by atoms with Crippen LogP contribution in [-0.2, 0) is 22.6 Å². The van der Waals surface area contributed by atoms with Gasteiger partial charge in [0.2, 0.25) is 5.91 Å². The molecule has 1 rings (SSSR count). The van der Waals surface area contributed by atoms with Crippen molar-refractivity contribution in [1.82, 2.24) is 25.6 Å². The molecule has 1 heterocycles. The average Bonchev–Trinajstić information content (AvgIpc) is 2.86. The third-order valence-electron chi connectivity index (χ3n) is 2.72. The minimum absolute atomic E-state index is 0.0579. The number of carbonyl (C=O) groups excluding carboxylic acids is 1. The Hall–Kier alpha value is -1.47. The van der Waals surface area contributed by atoms with E-state index in [2.05, 4.69) is 27.9 Å². The molecule has 0 fully saturated rings. The Morgan fingerprint density at radius 1 is 1.43 bits per heavy atom. The Kier molecular flexibility index (Phi) is 8.61. The summed E-state index contributed by atoms with van der Waals surface area (Å²) in [4.78, 5) is 11.7. The summed E-state index contributed by atoms with van der Waals surface area (Å²) in [6.45, 7) is 9.21. The van der Waals surface area contributed by atoms with Crippen LogP contribution in [0.4, 0.5) is 0 Å². The van der Waals surface area contributed by atoms with Gasteiger partial charge in [-0.25, -0.2) is 4.68 Å². The van der Waals surface area contributed by atoms with E-state index in [4.69, 9.17) is 4.74 Å². The Morgan fingerprint density at radius 3 is 2.95 bits per heavy atom. The maximum atomic E-state index is 11.7. The summed E-state index contributed by atoms with van der Waals surface area (Å²) in [5.74, 6) is -0.0579. The number of ether oxygens (including phenoxy) is 1. The van der Waals surface area contributed by atoms with Gasteiger partial charge in [-0.3, -0.25) is 4.79 Å². The summed E-state index contributed by atoms with van der Waals surface area (Å²) in [6.07, 6.45) is 3.92. The number of hydrogen-bond donors (Lipinski definition) is 2. The van der Waals surface area contributed by atoms with E-state index >= 15 is 0 Å².